The van der Waals surface area contributed by atoms with Gasteiger partial charge in [0.15, 0.2) is 0 Å². The van der Waals surface area contributed by atoms with E-state index in [1.807, 2.05) is 0 Å². The summed E-state index contributed by atoms with van der Waals surface area (Å²) in [6, 6.07) is 0. The Morgan fingerprint density at radius 2 is 2.00 bits per heavy atom. The predicted octanol–water partition coefficient (Wildman–Crippen LogP) is 1.58. The van der Waals surface area contributed by atoms with E-state index in [9.17, 15) is 0 Å². The van der Waals surface area contributed by atoms with Crippen LogP contribution in [-0.2, 0) is 0 Å². The minimum Gasteiger partial charge on any atom is -0.317 e. The summed E-state index contributed by atoms with van der Waals surface area (Å²) in [5.41, 5.74) is 2.10. The molecule has 8 heavy (non-hydrogen) atoms. The summed E-state index contributed by atoms with van der Waals surface area (Å²) in [5.74, 6) is 0. The van der Waals surface area contributed by atoms with E-state index in [1.165, 1.54) is 12.8 Å². The Balaban J connectivity index is 0. The van der Waals surface area contributed by atoms with Gasteiger partial charge in [0.05, 0.1) is 0 Å². The number of hydrogen-bond acceptors (Lipinski definition) is 2. The van der Waals surface area contributed by atoms with Crippen molar-refractivity contribution in [1.82, 2.24) is 5.48 Å². The van der Waals surface area contributed by atoms with Crippen molar-refractivity contribution in [2.75, 3.05) is 6.54 Å². The lowest BCUT2D eigenvalue weighted by molar-refractivity contribution is 0.165. The fourth-order valence-electron chi connectivity index (χ4n) is 0.454. The van der Waals surface area contributed by atoms with Crippen molar-refractivity contribution < 1.29 is 5.21 Å². The molecule has 3 heteroatoms. The van der Waals surface area contributed by atoms with Gasteiger partial charge in [0.25, 0.3) is 0 Å². The lowest BCUT2D eigenvalue weighted by Crippen LogP contribution is -2.07. The number of hydrogen-bond donors (Lipinski definition) is 2. The molecule has 0 unspecified atom stereocenters. The Bertz CT molecular complexity index is 31.6. The molecule has 0 bridgehead atoms. The van der Waals surface area contributed by atoms with E-state index in [-0.39, 0.29) is 12.4 Å². The number of rotatable bonds is 4. The number of unbranched alkanes of at least 4 members (excludes halogenated alkanes) is 2. The van der Waals surface area contributed by atoms with Crippen LogP contribution in [0.3, 0.4) is 0 Å². The molecule has 0 aromatic rings. The molecule has 2 N–H and O–H groups in total. The third kappa shape index (κ3) is 9.51. The van der Waals surface area contributed by atoms with E-state index in [0.717, 1.165) is 13.0 Å². The van der Waals surface area contributed by atoms with Gasteiger partial charge in [-0.2, -0.15) is 0 Å². The van der Waals surface area contributed by atoms with Crippen molar-refractivity contribution >= 4 is 12.4 Å². The van der Waals surface area contributed by atoms with E-state index < -0.39 is 0 Å². The van der Waals surface area contributed by atoms with Gasteiger partial charge in [0.1, 0.15) is 0 Å². The van der Waals surface area contributed by atoms with Gasteiger partial charge in [-0.3, -0.25) is 0 Å². The molecule has 0 amide bonds. The highest BCUT2D eigenvalue weighted by atomic mass is 35.5. The topological polar surface area (TPSA) is 32.3 Å². The summed E-state index contributed by atoms with van der Waals surface area (Å²) in [6.07, 6.45) is 3.49. The van der Waals surface area contributed by atoms with Crippen molar-refractivity contribution in [3.8, 4) is 0 Å². The van der Waals surface area contributed by atoms with Crippen molar-refractivity contribution in [1.29, 1.82) is 0 Å². The average molecular weight is 140 g/mol. The van der Waals surface area contributed by atoms with Crippen LogP contribution in [0.2, 0.25) is 0 Å². The lowest BCUT2D eigenvalue weighted by Gasteiger charge is -1.92. The Kier molecular flexibility index (Phi) is 14.2. The molecule has 0 aliphatic carbocycles. The Morgan fingerprint density at radius 1 is 1.38 bits per heavy atom. The van der Waals surface area contributed by atoms with Gasteiger partial charge in [-0.05, 0) is 6.42 Å². The molecule has 0 spiro atoms. The van der Waals surface area contributed by atoms with Gasteiger partial charge in [-0.1, -0.05) is 19.8 Å². The SMILES string of the molecule is CCCCCNO.Cl. The van der Waals surface area contributed by atoms with E-state index in [1.54, 1.807) is 0 Å². The summed E-state index contributed by atoms with van der Waals surface area (Å²) in [7, 11) is 0. The molecule has 0 saturated heterocycles. The van der Waals surface area contributed by atoms with Crippen molar-refractivity contribution in [3.63, 3.8) is 0 Å². The molecule has 0 fully saturated rings. The summed E-state index contributed by atoms with van der Waals surface area (Å²) in [6.45, 7) is 2.87. The van der Waals surface area contributed by atoms with E-state index in [4.69, 9.17) is 5.21 Å². The maximum Gasteiger partial charge on any atom is 0.0207 e. The summed E-state index contributed by atoms with van der Waals surface area (Å²) < 4.78 is 0. The molecule has 0 radical (unpaired) electrons. The lowest BCUT2D eigenvalue weighted by atomic mass is 10.3. The summed E-state index contributed by atoms with van der Waals surface area (Å²) in [5, 5.41) is 8.04. The quantitative estimate of drug-likeness (QED) is 0.458. The van der Waals surface area contributed by atoms with Crippen LogP contribution >= 0.6 is 12.4 Å². The van der Waals surface area contributed by atoms with Crippen molar-refractivity contribution in [2.45, 2.75) is 26.2 Å². The summed E-state index contributed by atoms with van der Waals surface area (Å²) >= 11 is 0. The van der Waals surface area contributed by atoms with Crippen LogP contribution in [0.15, 0.2) is 0 Å². The minimum atomic E-state index is 0. The van der Waals surface area contributed by atoms with Gasteiger partial charge in [-0.15, -0.1) is 12.4 Å². The molecule has 0 aromatic heterocycles. The second-order valence-electron chi connectivity index (χ2n) is 1.62. The first kappa shape index (κ1) is 11.1. The molecule has 0 atom stereocenters. The molecule has 0 aliphatic rings. The minimum absolute atomic E-state index is 0. The largest absolute Gasteiger partial charge is 0.317 e. The zero-order valence-corrected chi connectivity index (χ0v) is 6.00. The highest BCUT2D eigenvalue weighted by molar-refractivity contribution is 5.85. The zero-order valence-electron chi connectivity index (χ0n) is 5.18. The van der Waals surface area contributed by atoms with Gasteiger partial charge in [0, 0.05) is 6.54 Å². The maximum atomic E-state index is 8.04. The predicted molar refractivity (Wildman–Crippen MR) is 36.6 cm³/mol. The first-order valence-electron chi connectivity index (χ1n) is 2.78. The molecule has 0 aromatic carbocycles. The Hall–Kier alpha value is 0.210. The van der Waals surface area contributed by atoms with Gasteiger partial charge < -0.3 is 5.21 Å². The normalized spacial score (nSPS) is 8.25. The van der Waals surface area contributed by atoms with Gasteiger partial charge in [0.2, 0.25) is 0 Å². The van der Waals surface area contributed by atoms with E-state index >= 15 is 0 Å². The highest BCUT2D eigenvalue weighted by Crippen LogP contribution is 1.89. The van der Waals surface area contributed by atoms with Crippen molar-refractivity contribution in [2.24, 2.45) is 0 Å². The monoisotopic (exact) mass is 139 g/mol. The smallest absolute Gasteiger partial charge is 0.0207 e. The Labute approximate surface area is 56.7 Å². The first-order valence-corrected chi connectivity index (χ1v) is 2.78. The Morgan fingerprint density at radius 3 is 2.38 bits per heavy atom. The average Bonchev–Trinajstić information content (AvgIpc) is 1.69. The molecule has 0 heterocycles. The maximum absolute atomic E-state index is 8.04. The first-order chi connectivity index (χ1) is 3.41. The molecule has 52 valence electrons. The zero-order chi connectivity index (χ0) is 5.54. The van der Waals surface area contributed by atoms with Crippen molar-refractivity contribution in [3.05, 3.63) is 0 Å². The van der Waals surface area contributed by atoms with E-state index in [0.29, 0.717) is 0 Å². The third-order valence-corrected chi connectivity index (χ3v) is 0.892. The number of nitrogens with one attached hydrogen (secondary N) is 1. The van der Waals surface area contributed by atoms with E-state index in [2.05, 4.69) is 12.4 Å². The number of hydroxylamine groups is 1. The standard InChI is InChI=1S/C5H13NO.ClH/c1-2-3-4-5-6-7;/h6-7H,2-5H2,1H3;1H. The molecule has 0 aliphatic heterocycles. The van der Waals surface area contributed by atoms with Crippen LogP contribution in [0, 0.1) is 0 Å². The molecule has 0 rings (SSSR count). The molecule has 0 saturated carbocycles. The van der Waals surface area contributed by atoms with Gasteiger partial charge in [-0.25, -0.2) is 5.48 Å². The molecular weight excluding hydrogens is 126 g/mol. The third-order valence-electron chi connectivity index (χ3n) is 0.892. The molecular formula is C5H14ClNO. The molecule has 2 nitrogen and oxygen atoms in total. The van der Waals surface area contributed by atoms with Crippen LogP contribution in [0.4, 0.5) is 0 Å². The number of halogens is 1. The van der Waals surface area contributed by atoms with Crippen LogP contribution < -0.4 is 5.48 Å². The second-order valence-corrected chi connectivity index (χ2v) is 1.62. The van der Waals surface area contributed by atoms with Crippen LogP contribution in [0.1, 0.15) is 26.2 Å². The fourth-order valence-corrected chi connectivity index (χ4v) is 0.454. The second kappa shape index (κ2) is 10.2. The fraction of sp³-hybridized carbons (Fsp3) is 1.00. The van der Waals surface area contributed by atoms with Crippen LogP contribution in [-0.4, -0.2) is 11.8 Å². The highest BCUT2D eigenvalue weighted by Gasteiger charge is 1.79. The van der Waals surface area contributed by atoms with Crippen LogP contribution in [0.5, 0.6) is 0 Å². The van der Waals surface area contributed by atoms with Gasteiger partial charge >= 0.3 is 0 Å². The van der Waals surface area contributed by atoms with Crippen LogP contribution in [0.25, 0.3) is 0 Å². The summed E-state index contributed by atoms with van der Waals surface area (Å²) in [4.78, 5) is 0.